The van der Waals surface area contributed by atoms with Crippen LogP contribution in [-0.4, -0.2) is 50.6 Å². The maximum Gasteiger partial charge on any atom is 0.254 e. The number of halogens is 2. The van der Waals surface area contributed by atoms with Crippen LogP contribution in [0.2, 0.25) is 0 Å². The van der Waals surface area contributed by atoms with Gasteiger partial charge in [-0.25, -0.2) is 17.2 Å². The molecular weight excluding hydrogens is 478 g/mol. The molecular formula is C25H26F2N2O5S. The Hall–Kier alpha value is -3.01. The van der Waals surface area contributed by atoms with Crippen molar-refractivity contribution in [2.75, 3.05) is 13.4 Å². The number of amides is 2. The second-order valence-corrected chi connectivity index (χ2v) is 11.7. The Balaban J connectivity index is 1.39. The topological polar surface area (TPSA) is 92.8 Å². The quantitative estimate of drug-likeness (QED) is 0.625. The maximum absolute atomic E-state index is 14.8. The first-order chi connectivity index (χ1) is 16.6. The summed E-state index contributed by atoms with van der Waals surface area (Å²) >= 11 is 0. The van der Waals surface area contributed by atoms with E-state index in [1.54, 1.807) is 0 Å². The summed E-state index contributed by atoms with van der Waals surface area (Å²) in [6, 6.07) is 6.24. The van der Waals surface area contributed by atoms with Gasteiger partial charge in [0.1, 0.15) is 11.9 Å². The van der Waals surface area contributed by atoms with E-state index in [0.29, 0.717) is 6.42 Å². The highest BCUT2D eigenvalue weighted by molar-refractivity contribution is 7.90. The van der Waals surface area contributed by atoms with Crippen LogP contribution in [0.3, 0.4) is 0 Å². The van der Waals surface area contributed by atoms with Crippen LogP contribution < -0.4 is 10.1 Å². The van der Waals surface area contributed by atoms with Crippen LogP contribution in [-0.2, 0) is 14.6 Å². The van der Waals surface area contributed by atoms with E-state index in [0.717, 1.165) is 37.7 Å². The number of nitrogens with zero attached hydrogens (tertiary/aromatic N) is 1. The Bertz CT molecular complexity index is 1310. The summed E-state index contributed by atoms with van der Waals surface area (Å²) in [5, 5.41) is 2.88. The van der Waals surface area contributed by atoms with Gasteiger partial charge in [-0.2, -0.15) is 0 Å². The molecule has 35 heavy (non-hydrogen) atoms. The van der Waals surface area contributed by atoms with Crippen molar-refractivity contribution in [1.82, 2.24) is 10.2 Å². The minimum Gasteiger partial charge on any atom is -0.494 e. The summed E-state index contributed by atoms with van der Waals surface area (Å²) in [6.45, 7) is 0. The molecule has 2 amide bonds. The van der Waals surface area contributed by atoms with Crippen LogP contribution in [0.15, 0.2) is 41.3 Å². The molecule has 5 rings (SSSR count). The Labute approximate surface area is 202 Å². The molecule has 4 atom stereocenters. The smallest absolute Gasteiger partial charge is 0.254 e. The molecule has 10 heteroatoms. The molecule has 2 aromatic rings. The number of fused-ring (bicyclic) bond motifs is 1. The van der Waals surface area contributed by atoms with E-state index in [-0.39, 0.29) is 39.6 Å². The van der Waals surface area contributed by atoms with Gasteiger partial charge in [-0.1, -0.05) is 6.07 Å². The highest BCUT2D eigenvalue weighted by Crippen LogP contribution is 2.49. The lowest BCUT2D eigenvalue weighted by molar-refractivity contribution is -0.126. The van der Waals surface area contributed by atoms with Crippen molar-refractivity contribution in [3.8, 4) is 5.75 Å². The summed E-state index contributed by atoms with van der Waals surface area (Å²) in [7, 11) is -2.25. The van der Waals surface area contributed by atoms with E-state index in [4.69, 9.17) is 4.74 Å². The number of piperidine rings is 1. The fourth-order valence-corrected chi connectivity index (χ4v) is 5.73. The number of likely N-dealkylation sites (tertiary alicyclic amines) is 1. The number of hydrogen-bond donors (Lipinski definition) is 1. The second-order valence-electron chi connectivity index (χ2n) is 9.66. The van der Waals surface area contributed by atoms with Gasteiger partial charge in [0.25, 0.3) is 5.91 Å². The fraction of sp³-hybridized carbons (Fsp3) is 0.440. The van der Waals surface area contributed by atoms with E-state index in [2.05, 4.69) is 5.32 Å². The highest BCUT2D eigenvalue weighted by atomic mass is 32.2. The zero-order chi connectivity index (χ0) is 25.1. The minimum atomic E-state index is -3.50. The molecule has 1 heterocycles. The van der Waals surface area contributed by atoms with Gasteiger partial charge in [-0.3, -0.25) is 9.59 Å². The van der Waals surface area contributed by atoms with Crippen molar-refractivity contribution in [1.29, 1.82) is 0 Å². The van der Waals surface area contributed by atoms with E-state index in [1.165, 1.54) is 36.3 Å². The van der Waals surface area contributed by atoms with Crippen LogP contribution in [0.5, 0.6) is 5.75 Å². The number of nitrogens with one attached hydrogen (secondary N) is 1. The zero-order valence-corrected chi connectivity index (χ0v) is 20.1. The van der Waals surface area contributed by atoms with Crippen LogP contribution >= 0.6 is 0 Å². The number of carbonyl (C=O) groups is 2. The average molecular weight is 505 g/mol. The number of hydrogen-bond acceptors (Lipinski definition) is 5. The van der Waals surface area contributed by atoms with Gasteiger partial charge in [0.05, 0.1) is 18.0 Å². The molecule has 7 nitrogen and oxygen atoms in total. The number of ether oxygens (including phenoxy) is 1. The number of benzene rings is 2. The standard InChI is InChI=1S/C25H26F2N2O5S/c1-34-22-12-18(26)17(11-19(22)27)23(13-6-7-13)28-24(30)21-10-15-9-20(15)29(21)25(31)14-4-3-5-16(8-14)35(2,32)33/h3-5,8,11-13,15,20-21,23H,6-7,9-10H2,1-2H3,(H,28,30)/t15-,20-,21-,23?/m1/s1. The summed E-state index contributed by atoms with van der Waals surface area (Å²) in [4.78, 5) is 28.3. The third-order valence-corrected chi connectivity index (χ3v) is 8.26. The lowest BCUT2D eigenvalue weighted by Crippen LogP contribution is -2.49. The molecule has 1 saturated heterocycles. The summed E-state index contributed by atoms with van der Waals surface area (Å²) in [5.74, 6) is -2.25. The zero-order valence-electron chi connectivity index (χ0n) is 19.3. The lowest BCUT2D eigenvalue weighted by atomic mass is 10.00. The third-order valence-electron chi connectivity index (χ3n) is 7.15. The van der Waals surface area contributed by atoms with Crippen molar-refractivity contribution < 1.29 is 31.5 Å². The molecule has 0 radical (unpaired) electrons. The number of carbonyl (C=O) groups excluding carboxylic acids is 2. The summed E-state index contributed by atoms with van der Waals surface area (Å²) in [6.07, 6.45) is 3.87. The predicted molar refractivity (Wildman–Crippen MR) is 123 cm³/mol. The van der Waals surface area contributed by atoms with Crippen LogP contribution in [0, 0.1) is 23.5 Å². The monoisotopic (exact) mass is 504 g/mol. The van der Waals surface area contributed by atoms with E-state index in [1.807, 2.05) is 0 Å². The second kappa shape index (κ2) is 8.58. The molecule has 0 spiro atoms. The summed E-state index contributed by atoms with van der Waals surface area (Å²) in [5.41, 5.74) is 0.251. The van der Waals surface area contributed by atoms with Crippen molar-refractivity contribution in [3.05, 3.63) is 59.2 Å². The van der Waals surface area contributed by atoms with E-state index < -0.39 is 45.4 Å². The maximum atomic E-state index is 14.8. The van der Waals surface area contributed by atoms with E-state index >= 15 is 0 Å². The number of rotatable bonds is 7. The predicted octanol–water partition coefficient (Wildman–Crippen LogP) is 3.25. The molecule has 0 bridgehead atoms. The number of methoxy groups -OCH3 is 1. The molecule has 3 fully saturated rings. The lowest BCUT2D eigenvalue weighted by Gasteiger charge is -2.29. The number of sulfone groups is 1. The molecule has 3 aliphatic rings. The van der Waals surface area contributed by atoms with Crippen LogP contribution in [0.1, 0.15) is 47.6 Å². The summed E-state index contributed by atoms with van der Waals surface area (Å²) < 4.78 is 57.9. The Kier molecular flexibility index (Phi) is 5.82. The first-order valence-corrected chi connectivity index (χ1v) is 13.4. The van der Waals surface area contributed by atoms with Crippen molar-refractivity contribution >= 4 is 21.7 Å². The highest BCUT2D eigenvalue weighted by Gasteiger charge is 2.56. The molecule has 186 valence electrons. The van der Waals surface area contributed by atoms with Crippen molar-refractivity contribution in [2.24, 2.45) is 11.8 Å². The molecule has 1 aliphatic heterocycles. The molecule has 1 N–H and O–H groups in total. The third kappa shape index (κ3) is 4.51. The van der Waals surface area contributed by atoms with E-state index in [9.17, 15) is 26.8 Å². The van der Waals surface area contributed by atoms with Crippen LogP contribution in [0.4, 0.5) is 8.78 Å². The first-order valence-electron chi connectivity index (χ1n) is 11.5. The molecule has 2 aliphatic carbocycles. The Morgan fingerprint density at radius 1 is 1.11 bits per heavy atom. The van der Waals surface area contributed by atoms with Gasteiger partial charge in [-0.05, 0) is 61.8 Å². The van der Waals surface area contributed by atoms with Gasteiger partial charge in [0.15, 0.2) is 21.4 Å². The minimum absolute atomic E-state index is 0.0206. The van der Waals surface area contributed by atoms with Crippen LogP contribution in [0.25, 0.3) is 0 Å². The van der Waals surface area contributed by atoms with Gasteiger partial charge < -0.3 is 15.0 Å². The Morgan fingerprint density at radius 2 is 1.86 bits per heavy atom. The van der Waals surface area contributed by atoms with Crippen molar-refractivity contribution in [2.45, 2.75) is 48.7 Å². The van der Waals surface area contributed by atoms with Gasteiger partial charge in [-0.15, -0.1) is 0 Å². The Morgan fingerprint density at radius 3 is 2.51 bits per heavy atom. The van der Waals surface area contributed by atoms with Crippen molar-refractivity contribution in [3.63, 3.8) is 0 Å². The molecule has 2 saturated carbocycles. The molecule has 0 aromatic heterocycles. The normalized spacial score (nSPS) is 24.0. The van der Waals surface area contributed by atoms with Gasteiger partial charge in [0, 0.05) is 29.5 Å². The average Bonchev–Trinajstić information content (AvgIpc) is 3.75. The van der Waals surface area contributed by atoms with Gasteiger partial charge in [0.2, 0.25) is 5.91 Å². The fourth-order valence-electron chi connectivity index (χ4n) is 5.06. The molecule has 1 unspecified atom stereocenters. The SMILES string of the molecule is COc1cc(F)c(C(NC(=O)[C@H]2C[C@H]3C[C@H]3N2C(=O)c2cccc(S(C)(=O)=O)c2)C2CC2)cc1F. The van der Waals surface area contributed by atoms with Gasteiger partial charge >= 0.3 is 0 Å². The largest absolute Gasteiger partial charge is 0.494 e. The first kappa shape index (κ1) is 23.7. The molecule has 2 aromatic carbocycles.